The topological polar surface area (TPSA) is 114 Å². The summed E-state index contributed by atoms with van der Waals surface area (Å²) in [6.07, 6.45) is -0.890. The highest BCUT2D eigenvalue weighted by Gasteiger charge is 2.22. The Hall–Kier alpha value is -2.00. The number of carbonyl (C=O) groups excluding carboxylic acids is 1. The summed E-state index contributed by atoms with van der Waals surface area (Å²) in [5.74, 6) is -1.22. The standard InChI is InChI=1S/C14H10Cl3N3O4S/c15-14(16,17)8-1-3-9(4-2-8)19-13(23)24-20-11(18)7-5-10(12(21)22)25-6-7/h1-6H,(H2,18,20)(H,19,23)(H,21,22). The van der Waals surface area contributed by atoms with E-state index in [9.17, 15) is 9.59 Å². The number of nitrogens with zero attached hydrogens (tertiary/aromatic N) is 1. The SMILES string of the molecule is N/C(=N/OC(=O)Nc1ccc(C(Cl)(Cl)Cl)cc1)c1csc(C(=O)O)c1. The number of anilines is 1. The summed E-state index contributed by atoms with van der Waals surface area (Å²) >= 11 is 18.2. The molecule has 4 N–H and O–H groups in total. The molecule has 0 saturated heterocycles. The lowest BCUT2D eigenvalue weighted by atomic mass is 10.2. The maximum absolute atomic E-state index is 11.7. The second-order valence-corrected chi connectivity index (χ2v) is 7.75. The molecule has 1 aromatic carbocycles. The number of nitrogens with two attached hydrogens (primary N) is 1. The number of amides is 1. The number of hydrogen-bond donors (Lipinski definition) is 3. The molecule has 0 unspecified atom stereocenters. The van der Waals surface area contributed by atoms with Crippen LogP contribution < -0.4 is 11.1 Å². The molecule has 1 heterocycles. The molecule has 0 radical (unpaired) electrons. The molecule has 0 aliphatic carbocycles. The molecule has 7 nitrogen and oxygen atoms in total. The van der Waals surface area contributed by atoms with Crippen molar-refractivity contribution in [3.8, 4) is 0 Å². The number of oxime groups is 1. The van der Waals surface area contributed by atoms with Gasteiger partial charge >= 0.3 is 12.1 Å². The number of thiophene rings is 1. The molecule has 0 aliphatic heterocycles. The number of carboxylic acids is 1. The molecule has 0 fully saturated rings. The van der Waals surface area contributed by atoms with E-state index in [-0.39, 0.29) is 10.7 Å². The average Bonchev–Trinajstić information content (AvgIpc) is 3.02. The summed E-state index contributed by atoms with van der Waals surface area (Å²) in [4.78, 5) is 27.2. The molecule has 0 atom stereocenters. The molecular formula is C14H10Cl3N3O4S. The largest absolute Gasteiger partial charge is 0.477 e. The van der Waals surface area contributed by atoms with Crippen molar-refractivity contribution in [2.75, 3.05) is 5.32 Å². The number of carbonyl (C=O) groups is 2. The summed E-state index contributed by atoms with van der Waals surface area (Å²) in [5, 5.41) is 16.2. The molecule has 0 bridgehead atoms. The van der Waals surface area contributed by atoms with Gasteiger partial charge in [0.25, 0.3) is 0 Å². The van der Waals surface area contributed by atoms with E-state index in [1.165, 1.54) is 35.7 Å². The number of hydrogen-bond acceptors (Lipinski definition) is 5. The van der Waals surface area contributed by atoms with Crippen molar-refractivity contribution in [1.82, 2.24) is 0 Å². The fourth-order valence-corrected chi connectivity index (χ4v) is 2.73. The lowest BCUT2D eigenvalue weighted by molar-refractivity contribution is 0.0702. The molecule has 11 heteroatoms. The van der Waals surface area contributed by atoms with Gasteiger partial charge < -0.3 is 10.8 Å². The highest BCUT2D eigenvalue weighted by molar-refractivity contribution is 7.12. The van der Waals surface area contributed by atoms with Crippen LogP contribution in [0.3, 0.4) is 0 Å². The summed E-state index contributed by atoms with van der Waals surface area (Å²) in [5.41, 5.74) is 6.79. The first-order valence-corrected chi connectivity index (χ1v) is 8.49. The minimum atomic E-state index is -1.56. The highest BCUT2D eigenvalue weighted by Crippen LogP contribution is 2.38. The van der Waals surface area contributed by atoms with E-state index in [1.54, 1.807) is 0 Å². The number of nitrogens with one attached hydrogen (secondary N) is 1. The fraction of sp³-hybridized carbons (Fsp3) is 0.0714. The van der Waals surface area contributed by atoms with Crippen LogP contribution in [0.4, 0.5) is 10.5 Å². The van der Waals surface area contributed by atoms with Crippen molar-refractivity contribution in [3.05, 3.63) is 51.7 Å². The molecule has 0 aliphatic rings. The number of halogens is 3. The lowest BCUT2D eigenvalue weighted by Gasteiger charge is -2.11. The van der Waals surface area contributed by atoms with E-state index in [0.29, 0.717) is 16.8 Å². The zero-order valence-corrected chi connectivity index (χ0v) is 15.3. The number of rotatable bonds is 4. The number of alkyl halides is 3. The lowest BCUT2D eigenvalue weighted by Crippen LogP contribution is -2.17. The van der Waals surface area contributed by atoms with E-state index in [1.807, 2.05) is 0 Å². The Bertz CT molecular complexity index is 815. The molecule has 0 spiro atoms. The van der Waals surface area contributed by atoms with Crippen LogP contribution in [0.25, 0.3) is 0 Å². The van der Waals surface area contributed by atoms with Gasteiger partial charge in [-0.1, -0.05) is 52.1 Å². The highest BCUT2D eigenvalue weighted by atomic mass is 35.6. The Morgan fingerprint density at radius 2 is 1.88 bits per heavy atom. The predicted molar refractivity (Wildman–Crippen MR) is 97.8 cm³/mol. The number of aromatic carboxylic acids is 1. The van der Waals surface area contributed by atoms with Gasteiger partial charge in [-0.15, -0.1) is 11.3 Å². The first-order valence-electron chi connectivity index (χ1n) is 6.48. The Morgan fingerprint density at radius 3 is 2.40 bits per heavy atom. The molecule has 0 saturated carbocycles. The van der Waals surface area contributed by atoms with Crippen molar-refractivity contribution in [1.29, 1.82) is 0 Å². The van der Waals surface area contributed by atoms with Gasteiger partial charge in [0.2, 0.25) is 3.79 Å². The number of carboxylic acid groups (broad SMARTS) is 1. The van der Waals surface area contributed by atoms with Crippen molar-refractivity contribution in [2.45, 2.75) is 3.79 Å². The predicted octanol–water partition coefficient (Wildman–Crippen LogP) is 4.14. The van der Waals surface area contributed by atoms with Crippen LogP contribution >= 0.6 is 46.1 Å². The van der Waals surface area contributed by atoms with Crippen molar-refractivity contribution in [2.24, 2.45) is 10.9 Å². The van der Waals surface area contributed by atoms with E-state index in [4.69, 9.17) is 45.6 Å². The summed E-state index contributed by atoms with van der Waals surface area (Å²) < 4.78 is -1.56. The molecule has 2 aromatic rings. The normalized spacial score (nSPS) is 11.9. The van der Waals surface area contributed by atoms with Crippen LogP contribution in [0.15, 0.2) is 40.9 Å². The maximum Gasteiger partial charge on any atom is 0.437 e. The first kappa shape index (κ1) is 19.3. The van der Waals surface area contributed by atoms with E-state index >= 15 is 0 Å². The molecule has 1 aromatic heterocycles. The summed E-state index contributed by atoms with van der Waals surface area (Å²) in [6, 6.07) is 7.41. The van der Waals surface area contributed by atoms with Gasteiger partial charge in [0.05, 0.1) is 0 Å². The van der Waals surface area contributed by atoms with Crippen LogP contribution in [-0.2, 0) is 8.63 Å². The van der Waals surface area contributed by atoms with Crippen LogP contribution in [0.5, 0.6) is 0 Å². The van der Waals surface area contributed by atoms with Crippen LogP contribution in [0.1, 0.15) is 20.8 Å². The summed E-state index contributed by atoms with van der Waals surface area (Å²) in [6.45, 7) is 0. The number of amidine groups is 1. The molecule has 2 rings (SSSR count). The first-order chi connectivity index (χ1) is 11.7. The van der Waals surface area contributed by atoms with E-state index in [2.05, 4.69) is 15.3 Å². The Balaban J connectivity index is 1.96. The molecule has 1 amide bonds. The third-order valence-electron chi connectivity index (χ3n) is 2.79. The van der Waals surface area contributed by atoms with Gasteiger partial charge in [0.15, 0.2) is 5.84 Å². The molecular weight excluding hydrogens is 413 g/mol. The van der Waals surface area contributed by atoms with Crippen LogP contribution in [0, 0.1) is 0 Å². The van der Waals surface area contributed by atoms with E-state index < -0.39 is 15.9 Å². The molecule has 25 heavy (non-hydrogen) atoms. The monoisotopic (exact) mass is 421 g/mol. The second-order valence-electron chi connectivity index (χ2n) is 4.56. The third kappa shape index (κ3) is 5.50. The van der Waals surface area contributed by atoms with Gasteiger partial charge in [-0.05, 0) is 18.2 Å². The average molecular weight is 423 g/mol. The van der Waals surface area contributed by atoms with Gasteiger partial charge in [-0.2, -0.15) is 0 Å². The maximum atomic E-state index is 11.7. The Kier molecular flexibility index (Phi) is 6.12. The van der Waals surface area contributed by atoms with Gasteiger partial charge in [0, 0.05) is 22.2 Å². The van der Waals surface area contributed by atoms with Crippen LogP contribution in [0.2, 0.25) is 0 Å². The minimum Gasteiger partial charge on any atom is -0.477 e. The van der Waals surface area contributed by atoms with Gasteiger partial charge in [-0.25, -0.2) is 9.59 Å². The van der Waals surface area contributed by atoms with E-state index in [0.717, 1.165) is 11.3 Å². The third-order valence-corrected chi connectivity index (χ3v) is 4.36. The van der Waals surface area contributed by atoms with Crippen molar-refractivity contribution >= 4 is 69.7 Å². The number of benzene rings is 1. The van der Waals surface area contributed by atoms with Gasteiger partial charge in [0.1, 0.15) is 4.88 Å². The van der Waals surface area contributed by atoms with Crippen molar-refractivity contribution < 1.29 is 19.5 Å². The zero-order valence-electron chi connectivity index (χ0n) is 12.2. The van der Waals surface area contributed by atoms with Gasteiger partial charge in [-0.3, -0.25) is 10.2 Å². The fourth-order valence-electron chi connectivity index (χ4n) is 1.61. The Morgan fingerprint density at radius 1 is 1.24 bits per heavy atom. The second kappa shape index (κ2) is 7.92. The minimum absolute atomic E-state index is 0.0895. The van der Waals surface area contributed by atoms with Crippen molar-refractivity contribution in [3.63, 3.8) is 0 Å². The van der Waals surface area contributed by atoms with Crippen LogP contribution in [-0.4, -0.2) is 23.0 Å². The quantitative estimate of drug-likeness (QED) is 0.225. The smallest absolute Gasteiger partial charge is 0.437 e. The summed E-state index contributed by atoms with van der Waals surface area (Å²) in [7, 11) is 0. The molecule has 132 valence electrons. The Labute approximate surface area is 160 Å². The zero-order chi connectivity index (χ0) is 18.6.